The molecule has 1 atom stereocenters. The first-order valence-corrected chi connectivity index (χ1v) is 6.59. The van der Waals surface area contributed by atoms with E-state index in [0.717, 1.165) is 12.8 Å². The van der Waals surface area contributed by atoms with Crippen molar-refractivity contribution in [2.75, 3.05) is 0 Å². The first-order chi connectivity index (χ1) is 7.59. The highest BCUT2D eigenvalue weighted by atomic mass is 32.1. The standard InChI is InChI=1S/C12H22N2OS/c1-9(8-11(13)16)12(15)14-10-6-4-2-3-5-7-10/h9-10H,2-8H2,1H3,(H2,13,16)(H,14,15). The molecule has 0 spiro atoms. The van der Waals surface area contributed by atoms with Gasteiger partial charge in [-0.2, -0.15) is 0 Å². The van der Waals surface area contributed by atoms with E-state index in [9.17, 15) is 4.79 Å². The molecule has 1 amide bonds. The number of rotatable bonds is 4. The van der Waals surface area contributed by atoms with Gasteiger partial charge in [0.25, 0.3) is 0 Å². The van der Waals surface area contributed by atoms with Crippen molar-refractivity contribution in [2.24, 2.45) is 11.7 Å². The van der Waals surface area contributed by atoms with Crippen LogP contribution < -0.4 is 11.1 Å². The molecule has 0 heterocycles. The van der Waals surface area contributed by atoms with Crippen molar-refractivity contribution in [1.29, 1.82) is 0 Å². The summed E-state index contributed by atoms with van der Waals surface area (Å²) in [6, 6.07) is 0.365. The Labute approximate surface area is 103 Å². The van der Waals surface area contributed by atoms with Crippen molar-refractivity contribution in [3.8, 4) is 0 Å². The lowest BCUT2D eigenvalue weighted by Gasteiger charge is -2.19. The van der Waals surface area contributed by atoms with E-state index in [1.807, 2.05) is 6.92 Å². The summed E-state index contributed by atoms with van der Waals surface area (Å²) in [5.74, 6) is 0.000420. The van der Waals surface area contributed by atoms with Crippen LogP contribution in [0.25, 0.3) is 0 Å². The highest BCUT2D eigenvalue weighted by molar-refractivity contribution is 7.80. The van der Waals surface area contributed by atoms with Crippen LogP contribution >= 0.6 is 12.2 Å². The molecule has 0 saturated heterocycles. The summed E-state index contributed by atoms with van der Waals surface area (Å²) in [5.41, 5.74) is 5.44. The van der Waals surface area contributed by atoms with E-state index in [2.05, 4.69) is 5.32 Å². The molecule has 0 aromatic heterocycles. The average Bonchev–Trinajstić information content (AvgIpc) is 2.45. The fraction of sp³-hybridized carbons (Fsp3) is 0.833. The molecule has 3 N–H and O–H groups in total. The number of carbonyl (C=O) groups excluding carboxylic acids is 1. The molecular weight excluding hydrogens is 220 g/mol. The van der Waals surface area contributed by atoms with Crippen LogP contribution in [0.1, 0.15) is 51.9 Å². The monoisotopic (exact) mass is 242 g/mol. The predicted molar refractivity (Wildman–Crippen MR) is 70.2 cm³/mol. The van der Waals surface area contributed by atoms with Gasteiger partial charge in [-0.3, -0.25) is 4.79 Å². The maximum atomic E-state index is 11.8. The number of hydrogen-bond acceptors (Lipinski definition) is 2. The summed E-state index contributed by atoms with van der Waals surface area (Å²) >= 11 is 4.81. The van der Waals surface area contributed by atoms with Crippen molar-refractivity contribution in [2.45, 2.75) is 57.9 Å². The van der Waals surface area contributed by atoms with Gasteiger partial charge in [-0.15, -0.1) is 0 Å². The molecule has 1 saturated carbocycles. The highest BCUT2D eigenvalue weighted by Gasteiger charge is 2.19. The molecule has 0 bridgehead atoms. The number of nitrogens with two attached hydrogens (primary N) is 1. The Hall–Kier alpha value is -0.640. The smallest absolute Gasteiger partial charge is 0.223 e. The van der Waals surface area contributed by atoms with Crippen LogP contribution in [0.2, 0.25) is 0 Å². The molecule has 92 valence electrons. The molecule has 16 heavy (non-hydrogen) atoms. The van der Waals surface area contributed by atoms with Crippen LogP contribution in [0, 0.1) is 5.92 Å². The normalized spacial score (nSPS) is 19.8. The Bertz CT molecular complexity index is 247. The van der Waals surface area contributed by atoms with Crippen LogP contribution in [0.5, 0.6) is 0 Å². The van der Waals surface area contributed by atoms with Crippen molar-refractivity contribution in [3.05, 3.63) is 0 Å². The molecule has 3 nitrogen and oxygen atoms in total. The van der Waals surface area contributed by atoms with E-state index in [1.54, 1.807) is 0 Å². The molecule has 1 aliphatic carbocycles. The SMILES string of the molecule is CC(CC(N)=S)C(=O)NC1CCCCCC1. The number of amides is 1. The second-order valence-corrected chi connectivity index (χ2v) is 5.29. The van der Waals surface area contributed by atoms with Crippen LogP contribution in [-0.4, -0.2) is 16.9 Å². The second-order valence-electron chi connectivity index (χ2n) is 4.77. The molecular formula is C12H22N2OS. The van der Waals surface area contributed by atoms with Gasteiger partial charge < -0.3 is 11.1 Å². The zero-order valence-electron chi connectivity index (χ0n) is 10.00. The number of thiocarbonyl (C=S) groups is 1. The topological polar surface area (TPSA) is 55.1 Å². The molecule has 0 aliphatic heterocycles. The molecule has 0 aromatic carbocycles. The van der Waals surface area contributed by atoms with Gasteiger partial charge in [0, 0.05) is 18.4 Å². The Kier molecular flexibility index (Phi) is 5.74. The van der Waals surface area contributed by atoms with Crippen molar-refractivity contribution in [1.82, 2.24) is 5.32 Å². The van der Waals surface area contributed by atoms with E-state index in [-0.39, 0.29) is 11.8 Å². The van der Waals surface area contributed by atoms with Crippen LogP contribution in [0.15, 0.2) is 0 Å². The van der Waals surface area contributed by atoms with E-state index >= 15 is 0 Å². The van der Waals surface area contributed by atoms with Gasteiger partial charge in [0.1, 0.15) is 0 Å². The minimum Gasteiger partial charge on any atom is -0.393 e. The van der Waals surface area contributed by atoms with Gasteiger partial charge >= 0.3 is 0 Å². The van der Waals surface area contributed by atoms with Gasteiger partial charge in [-0.05, 0) is 12.8 Å². The average molecular weight is 242 g/mol. The number of nitrogens with one attached hydrogen (secondary N) is 1. The Morgan fingerprint density at radius 3 is 2.44 bits per heavy atom. The lowest BCUT2D eigenvalue weighted by atomic mass is 10.0. The van der Waals surface area contributed by atoms with Gasteiger partial charge in [0.15, 0.2) is 0 Å². The molecule has 1 rings (SSSR count). The van der Waals surface area contributed by atoms with Gasteiger partial charge in [0.2, 0.25) is 5.91 Å². The minimum atomic E-state index is -0.0965. The molecule has 1 unspecified atom stereocenters. The third-order valence-corrected chi connectivity index (χ3v) is 3.32. The van der Waals surface area contributed by atoms with Crippen molar-refractivity contribution < 1.29 is 4.79 Å². The number of hydrogen-bond donors (Lipinski definition) is 2. The van der Waals surface area contributed by atoms with Crippen LogP contribution in [0.3, 0.4) is 0 Å². The molecule has 0 radical (unpaired) electrons. The van der Waals surface area contributed by atoms with Gasteiger partial charge in [-0.1, -0.05) is 44.8 Å². The second kappa shape index (κ2) is 6.84. The maximum absolute atomic E-state index is 11.8. The molecule has 1 fully saturated rings. The third-order valence-electron chi connectivity index (χ3n) is 3.16. The summed E-state index contributed by atoms with van der Waals surface area (Å²) in [4.78, 5) is 12.3. The van der Waals surface area contributed by atoms with Crippen molar-refractivity contribution >= 4 is 23.1 Å². The minimum absolute atomic E-state index is 0.0965. The Morgan fingerprint density at radius 2 is 1.94 bits per heavy atom. The Balaban J connectivity index is 2.34. The zero-order chi connectivity index (χ0) is 12.0. The lowest BCUT2D eigenvalue weighted by Crippen LogP contribution is -2.38. The first-order valence-electron chi connectivity index (χ1n) is 6.18. The quantitative estimate of drug-likeness (QED) is 0.586. The zero-order valence-corrected chi connectivity index (χ0v) is 10.8. The summed E-state index contributed by atoms with van der Waals surface area (Å²) < 4.78 is 0. The molecule has 0 aromatic rings. The van der Waals surface area contributed by atoms with E-state index in [1.165, 1.54) is 25.7 Å². The van der Waals surface area contributed by atoms with Crippen LogP contribution in [0.4, 0.5) is 0 Å². The summed E-state index contributed by atoms with van der Waals surface area (Å²) in [6.07, 6.45) is 7.80. The lowest BCUT2D eigenvalue weighted by molar-refractivity contribution is -0.125. The third kappa shape index (κ3) is 4.92. The first kappa shape index (κ1) is 13.4. The highest BCUT2D eigenvalue weighted by Crippen LogP contribution is 2.17. The van der Waals surface area contributed by atoms with Crippen molar-refractivity contribution in [3.63, 3.8) is 0 Å². The summed E-state index contributed by atoms with van der Waals surface area (Å²) in [5, 5.41) is 3.11. The fourth-order valence-corrected chi connectivity index (χ4v) is 2.41. The van der Waals surface area contributed by atoms with E-state index < -0.39 is 0 Å². The number of carbonyl (C=O) groups is 1. The van der Waals surface area contributed by atoms with Crippen LogP contribution in [-0.2, 0) is 4.79 Å². The van der Waals surface area contributed by atoms with E-state index in [0.29, 0.717) is 17.5 Å². The van der Waals surface area contributed by atoms with Gasteiger partial charge in [-0.25, -0.2) is 0 Å². The molecule has 4 heteroatoms. The van der Waals surface area contributed by atoms with Gasteiger partial charge in [0.05, 0.1) is 4.99 Å². The Morgan fingerprint density at radius 1 is 1.38 bits per heavy atom. The summed E-state index contributed by atoms with van der Waals surface area (Å²) in [7, 11) is 0. The largest absolute Gasteiger partial charge is 0.393 e. The predicted octanol–water partition coefficient (Wildman–Crippen LogP) is 2.14. The van der Waals surface area contributed by atoms with E-state index in [4.69, 9.17) is 18.0 Å². The fourth-order valence-electron chi connectivity index (χ4n) is 2.16. The maximum Gasteiger partial charge on any atom is 0.223 e. The molecule has 1 aliphatic rings. The summed E-state index contributed by atoms with van der Waals surface area (Å²) in [6.45, 7) is 1.88.